The van der Waals surface area contributed by atoms with E-state index in [1.807, 2.05) is 6.07 Å². The summed E-state index contributed by atoms with van der Waals surface area (Å²) in [4.78, 5) is 4.69. The van der Waals surface area contributed by atoms with Crippen LogP contribution in [0.5, 0.6) is 0 Å². The molecule has 0 aliphatic carbocycles. The smallest absolute Gasteiger partial charge is 0.254 e. The van der Waals surface area contributed by atoms with Gasteiger partial charge in [-0.2, -0.15) is 0 Å². The second-order valence-corrected chi connectivity index (χ2v) is 7.04. The number of rotatable bonds is 2. The Labute approximate surface area is 142 Å². The average Bonchev–Trinajstić information content (AvgIpc) is 3.12. The lowest BCUT2D eigenvalue weighted by atomic mass is 10.1. The van der Waals surface area contributed by atoms with E-state index in [2.05, 4.69) is 71.8 Å². The molecule has 0 fully saturated rings. The maximum absolute atomic E-state index is 6.06. The first-order valence-corrected chi connectivity index (χ1v) is 8.53. The van der Waals surface area contributed by atoms with E-state index in [-0.39, 0.29) is 6.04 Å². The second kappa shape index (κ2) is 5.26. The van der Waals surface area contributed by atoms with E-state index in [1.165, 1.54) is 10.8 Å². The van der Waals surface area contributed by atoms with E-state index in [0.717, 1.165) is 20.3 Å². The molecule has 1 aliphatic rings. The number of nitrogens with zero attached hydrogens (tertiary/aromatic N) is 1. The Hall–Kier alpha value is -1.56. The number of fused-ring (bicyclic) bond motifs is 3. The molecule has 0 radical (unpaired) electrons. The van der Waals surface area contributed by atoms with Crippen LogP contribution in [0.1, 0.15) is 19.6 Å². The van der Waals surface area contributed by atoms with Crippen LogP contribution in [0.3, 0.4) is 0 Å². The summed E-state index contributed by atoms with van der Waals surface area (Å²) in [5.41, 5.74) is 0.886. The summed E-state index contributed by atoms with van der Waals surface area (Å²) in [6.45, 7) is 4.97. The Balaban J connectivity index is 1.92. The van der Waals surface area contributed by atoms with Gasteiger partial charge in [0.15, 0.2) is 0 Å². The van der Waals surface area contributed by atoms with E-state index in [0.29, 0.717) is 18.4 Å². The zero-order valence-corrected chi connectivity index (χ0v) is 14.6. The number of aliphatic imine (C=N–C) groups is 1. The molecular formula is C18H16INO2. The summed E-state index contributed by atoms with van der Waals surface area (Å²) >= 11 is 2.34. The minimum Gasteiger partial charge on any atom is -0.473 e. The third kappa shape index (κ3) is 2.12. The van der Waals surface area contributed by atoms with Gasteiger partial charge in [-0.25, -0.2) is 4.99 Å². The first-order chi connectivity index (χ1) is 10.6. The molecule has 0 amide bonds. The van der Waals surface area contributed by atoms with Gasteiger partial charge in [0.2, 0.25) is 5.76 Å². The fourth-order valence-corrected chi connectivity index (χ4v) is 3.72. The summed E-state index contributed by atoms with van der Waals surface area (Å²) in [7, 11) is 0. The molecule has 2 heterocycles. The summed E-state index contributed by atoms with van der Waals surface area (Å²) in [5.74, 6) is 1.87. The van der Waals surface area contributed by atoms with Crippen molar-refractivity contribution in [3.63, 3.8) is 0 Å². The lowest BCUT2D eigenvalue weighted by Crippen LogP contribution is -2.13. The van der Waals surface area contributed by atoms with Crippen molar-refractivity contribution in [1.82, 2.24) is 0 Å². The maximum Gasteiger partial charge on any atom is 0.254 e. The zero-order chi connectivity index (χ0) is 15.3. The van der Waals surface area contributed by atoms with Gasteiger partial charge in [-0.15, -0.1) is 0 Å². The molecule has 0 bridgehead atoms. The van der Waals surface area contributed by atoms with Gasteiger partial charge >= 0.3 is 0 Å². The fraction of sp³-hybridized carbons (Fsp3) is 0.278. The highest BCUT2D eigenvalue weighted by molar-refractivity contribution is 14.1. The Bertz CT molecular complexity index is 895. The van der Waals surface area contributed by atoms with Crippen molar-refractivity contribution < 1.29 is 9.15 Å². The van der Waals surface area contributed by atoms with Crippen LogP contribution in [-0.4, -0.2) is 18.5 Å². The van der Waals surface area contributed by atoms with E-state index in [1.54, 1.807) is 0 Å². The van der Waals surface area contributed by atoms with Gasteiger partial charge in [-0.05, 0) is 45.3 Å². The topological polar surface area (TPSA) is 34.7 Å². The Morgan fingerprint density at radius 2 is 2.00 bits per heavy atom. The van der Waals surface area contributed by atoms with E-state index in [9.17, 15) is 0 Å². The molecule has 112 valence electrons. The highest BCUT2D eigenvalue weighted by Crippen LogP contribution is 2.35. The Kier molecular flexibility index (Phi) is 3.36. The fourth-order valence-electron chi connectivity index (χ4n) is 2.82. The highest BCUT2D eigenvalue weighted by atomic mass is 127. The number of furan rings is 1. The van der Waals surface area contributed by atoms with Crippen molar-refractivity contribution >= 4 is 50.2 Å². The third-order valence-corrected chi connectivity index (χ3v) is 5.19. The Morgan fingerprint density at radius 3 is 2.77 bits per heavy atom. The van der Waals surface area contributed by atoms with Crippen molar-refractivity contribution in [2.75, 3.05) is 6.61 Å². The van der Waals surface area contributed by atoms with Gasteiger partial charge in [0, 0.05) is 5.39 Å². The van der Waals surface area contributed by atoms with Crippen molar-refractivity contribution in [3.8, 4) is 0 Å². The van der Waals surface area contributed by atoms with Crippen LogP contribution in [0.15, 0.2) is 45.8 Å². The van der Waals surface area contributed by atoms with Crippen LogP contribution in [-0.2, 0) is 4.74 Å². The first kappa shape index (κ1) is 14.1. The van der Waals surface area contributed by atoms with Crippen LogP contribution >= 0.6 is 22.6 Å². The molecule has 22 heavy (non-hydrogen) atoms. The molecule has 0 N–H and O–H groups in total. The molecule has 3 nitrogen and oxygen atoms in total. The molecular weight excluding hydrogens is 389 g/mol. The van der Waals surface area contributed by atoms with Gasteiger partial charge in [0.25, 0.3) is 5.90 Å². The molecule has 0 spiro atoms. The molecule has 0 saturated carbocycles. The van der Waals surface area contributed by atoms with Gasteiger partial charge in [0.05, 0.1) is 9.61 Å². The molecule has 0 unspecified atom stereocenters. The van der Waals surface area contributed by atoms with Gasteiger partial charge < -0.3 is 9.15 Å². The number of benzene rings is 2. The summed E-state index contributed by atoms with van der Waals surface area (Å²) in [6.07, 6.45) is 0. The normalized spacial score (nSPS) is 18.2. The largest absolute Gasteiger partial charge is 0.473 e. The zero-order valence-electron chi connectivity index (χ0n) is 12.5. The van der Waals surface area contributed by atoms with Gasteiger partial charge in [-0.1, -0.05) is 44.2 Å². The van der Waals surface area contributed by atoms with E-state index < -0.39 is 0 Å². The van der Waals surface area contributed by atoms with Crippen molar-refractivity contribution in [2.24, 2.45) is 10.9 Å². The minimum atomic E-state index is 0.218. The van der Waals surface area contributed by atoms with Gasteiger partial charge in [-0.3, -0.25) is 0 Å². The van der Waals surface area contributed by atoms with Crippen LogP contribution in [0, 0.1) is 9.49 Å². The predicted octanol–water partition coefficient (Wildman–Crippen LogP) is 4.99. The SMILES string of the molecule is CC(C)[C@H]1COC(c2oc3ccc4ccccc4c3c2I)=N1. The maximum atomic E-state index is 6.06. The monoisotopic (exact) mass is 405 g/mol. The van der Waals surface area contributed by atoms with Crippen molar-refractivity contribution in [3.05, 3.63) is 45.7 Å². The van der Waals surface area contributed by atoms with Crippen LogP contribution in [0.25, 0.3) is 21.7 Å². The molecule has 1 atom stereocenters. The van der Waals surface area contributed by atoms with Crippen LogP contribution in [0.2, 0.25) is 0 Å². The molecule has 1 aromatic heterocycles. The first-order valence-electron chi connectivity index (χ1n) is 7.46. The summed E-state index contributed by atoms with van der Waals surface area (Å²) in [6, 6.07) is 12.7. The molecule has 4 rings (SSSR count). The number of hydrogen-bond acceptors (Lipinski definition) is 3. The van der Waals surface area contributed by atoms with Crippen molar-refractivity contribution in [1.29, 1.82) is 0 Å². The molecule has 1 aliphatic heterocycles. The lowest BCUT2D eigenvalue weighted by molar-refractivity contribution is 0.287. The van der Waals surface area contributed by atoms with Crippen LogP contribution in [0.4, 0.5) is 0 Å². The quantitative estimate of drug-likeness (QED) is 0.563. The average molecular weight is 405 g/mol. The van der Waals surface area contributed by atoms with E-state index in [4.69, 9.17) is 9.15 Å². The predicted molar refractivity (Wildman–Crippen MR) is 97.6 cm³/mol. The van der Waals surface area contributed by atoms with Crippen LogP contribution < -0.4 is 0 Å². The molecule has 4 heteroatoms. The second-order valence-electron chi connectivity index (χ2n) is 5.96. The number of halogens is 1. The van der Waals surface area contributed by atoms with E-state index >= 15 is 0 Å². The Morgan fingerprint density at radius 1 is 1.18 bits per heavy atom. The standard InChI is InChI=1S/C18H16INO2/c1-10(2)13-9-21-18(20-13)17-16(19)15-12-6-4-3-5-11(12)7-8-14(15)22-17/h3-8,10,13H,9H2,1-2H3/t13-/m1/s1. The molecule has 3 aromatic rings. The highest BCUT2D eigenvalue weighted by Gasteiger charge is 2.27. The summed E-state index contributed by atoms with van der Waals surface area (Å²) < 4.78 is 12.9. The van der Waals surface area contributed by atoms with Crippen molar-refractivity contribution in [2.45, 2.75) is 19.9 Å². The van der Waals surface area contributed by atoms with Gasteiger partial charge in [0.1, 0.15) is 12.2 Å². The molecule has 0 saturated heterocycles. The summed E-state index contributed by atoms with van der Waals surface area (Å²) in [5, 5.41) is 3.57. The molecule has 2 aromatic carbocycles. The lowest BCUT2D eigenvalue weighted by Gasteiger charge is -2.06. The minimum absolute atomic E-state index is 0.218. The third-order valence-electron chi connectivity index (χ3n) is 4.16. The number of ether oxygens (including phenoxy) is 1. The number of hydrogen-bond donors (Lipinski definition) is 0.